The van der Waals surface area contributed by atoms with E-state index in [2.05, 4.69) is 25.4 Å². The molecule has 0 aliphatic carbocycles. The van der Waals surface area contributed by atoms with Gasteiger partial charge in [-0.15, -0.1) is 5.10 Å². The Kier molecular flexibility index (Phi) is 3.53. The van der Waals surface area contributed by atoms with Gasteiger partial charge in [0, 0.05) is 32.2 Å². The number of H-pyrrole nitrogens is 1. The molecule has 0 bridgehead atoms. The first kappa shape index (κ1) is 13.5. The van der Waals surface area contributed by atoms with Gasteiger partial charge in [0.2, 0.25) is 5.95 Å². The van der Waals surface area contributed by atoms with Gasteiger partial charge < -0.3 is 10.2 Å². The Labute approximate surface area is 121 Å². The fraction of sp³-hybridized carbons (Fsp3) is 0.385. The standard InChI is InChI=1S/C13H16N6O2/c1-9-2-3-11(19(20)21)10(8-9)12-15-13(17-16-12)18-6-4-14-5-7-18/h2-3,8,14H,4-7H2,1H3,(H,15,16,17). The van der Waals surface area contributed by atoms with E-state index in [0.717, 1.165) is 31.7 Å². The van der Waals surface area contributed by atoms with Gasteiger partial charge in [0.1, 0.15) is 0 Å². The molecule has 8 nitrogen and oxygen atoms in total. The Balaban J connectivity index is 1.95. The Morgan fingerprint density at radius 3 is 2.81 bits per heavy atom. The lowest BCUT2D eigenvalue weighted by atomic mass is 10.1. The summed E-state index contributed by atoms with van der Waals surface area (Å²) in [6.45, 7) is 5.31. The molecule has 0 spiro atoms. The first-order valence-corrected chi connectivity index (χ1v) is 6.78. The number of nitro groups is 1. The number of nitrogens with one attached hydrogen (secondary N) is 2. The van der Waals surface area contributed by atoms with Gasteiger partial charge in [0.05, 0.1) is 10.5 Å². The van der Waals surface area contributed by atoms with Crippen molar-refractivity contribution in [3.8, 4) is 11.4 Å². The number of hydrogen-bond acceptors (Lipinski definition) is 6. The van der Waals surface area contributed by atoms with Gasteiger partial charge in [-0.1, -0.05) is 6.07 Å². The van der Waals surface area contributed by atoms with Crippen molar-refractivity contribution in [2.24, 2.45) is 0 Å². The highest BCUT2D eigenvalue weighted by Gasteiger charge is 2.21. The third-order valence-corrected chi connectivity index (χ3v) is 3.48. The molecule has 0 radical (unpaired) electrons. The van der Waals surface area contributed by atoms with Crippen LogP contribution in [0.15, 0.2) is 18.2 Å². The van der Waals surface area contributed by atoms with E-state index < -0.39 is 4.92 Å². The molecule has 2 heterocycles. The molecule has 0 unspecified atom stereocenters. The fourth-order valence-corrected chi connectivity index (χ4v) is 2.38. The molecule has 0 atom stereocenters. The number of nitrogens with zero attached hydrogens (tertiary/aromatic N) is 4. The summed E-state index contributed by atoms with van der Waals surface area (Å²) in [5.41, 5.74) is 1.44. The van der Waals surface area contributed by atoms with E-state index >= 15 is 0 Å². The van der Waals surface area contributed by atoms with E-state index in [-0.39, 0.29) is 5.69 Å². The van der Waals surface area contributed by atoms with E-state index in [9.17, 15) is 10.1 Å². The number of nitro benzene ring substituents is 1. The average Bonchev–Trinajstić information content (AvgIpc) is 2.97. The molecule has 110 valence electrons. The summed E-state index contributed by atoms with van der Waals surface area (Å²) in [6, 6.07) is 4.97. The molecule has 1 aliphatic heterocycles. The number of aryl methyl sites for hydroxylation is 1. The Morgan fingerprint density at radius 2 is 2.10 bits per heavy atom. The molecule has 1 aromatic heterocycles. The predicted molar refractivity (Wildman–Crippen MR) is 78.3 cm³/mol. The van der Waals surface area contributed by atoms with Gasteiger partial charge in [-0.2, -0.15) is 4.98 Å². The van der Waals surface area contributed by atoms with E-state index in [1.807, 2.05) is 6.92 Å². The van der Waals surface area contributed by atoms with Gasteiger partial charge in [-0.05, 0) is 18.6 Å². The van der Waals surface area contributed by atoms with Crippen molar-refractivity contribution in [3.05, 3.63) is 33.9 Å². The molecule has 3 rings (SSSR count). The maximum Gasteiger partial charge on any atom is 0.280 e. The topological polar surface area (TPSA) is 100.0 Å². The maximum atomic E-state index is 11.1. The predicted octanol–water partition coefficient (Wildman–Crippen LogP) is 1.10. The molecule has 1 aromatic carbocycles. The van der Waals surface area contributed by atoms with Crippen LogP contribution < -0.4 is 10.2 Å². The van der Waals surface area contributed by atoms with Crippen LogP contribution in [-0.2, 0) is 0 Å². The molecule has 2 aromatic rings. The van der Waals surface area contributed by atoms with Crippen LogP contribution in [0.3, 0.4) is 0 Å². The lowest BCUT2D eigenvalue weighted by molar-refractivity contribution is -0.384. The van der Waals surface area contributed by atoms with Crippen LogP contribution in [-0.4, -0.2) is 46.3 Å². The highest BCUT2D eigenvalue weighted by Crippen LogP contribution is 2.29. The Hall–Kier alpha value is -2.48. The number of piperazine rings is 1. The lowest BCUT2D eigenvalue weighted by Crippen LogP contribution is -2.44. The molecule has 0 amide bonds. The minimum Gasteiger partial charge on any atom is -0.337 e. The van der Waals surface area contributed by atoms with Crippen molar-refractivity contribution in [3.63, 3.8) is 0 Å². The Bertz CT molecular complexity index is 662. The van der Waals surface area contributed by atoms with E-state index in [1.54, 1.807) is 12.1 Å². The zero-order valence-corrected chi connectivity index (χ0v) is 11.7. The summed E-state index contributed by atoms with van der Waals surface area (Å²) in [4.78, 5) is 17.2. The molecule has 8 heteroatoms. The van der Waals surface area contributed by atoms with Crippen LogP contribution in [0, 0.1) is 17.0 Å². The largest absolute Gasteiger partial charge is 0.337 e. The normalized spacial score (nSPS) is 15.2. The third kappa shape index (κ3) is 2.70. The molecule has 0 saturated carbocycles. The number of anilines is 1. The molecular formula is C13H16N6O2. The van der Waals surface area contributed by atoms with Crippen LogP contribution in [0.5, 0.6) is 0 Å². The summed E-state index contributed by atoms with van der Waals surface area (Å²) >= 11 is 0. The number of aromatic nitrogens is 3. The molecule has 1 saturated heterocycles. The summed E-state index contributed by atoms with van der Waals surface area (Å²) in [6.07, 6.45) is 0. The van der Waals surface area contributed by atoms with E-state index in [4.69, 9.17) is 0 Å². The van der Waals surface area contributed by atoms with Gasteiger partial charge in [0.15, 0.2) is 5.82 Å². The lowest BCUT2D eigenvalue weighted by Gasteiger charge is -2.25. The second-order valence-electron chi connectivity index (χ2n) is 5.00. The van der Waals surface area contributed by atoms with Crippen molar-refractivity contribution in [2.75, 3.05) is 31.1 Å². The molecule has 2 N–H and O–H groups in total. The van der Waals surface area contributed by atoms with Gasteiger partial charge in [-0.3, -0.25) is 15.2 Å². The third-order valence-electron chi connectivity index (χ3n) is 3.48. The second-order valence-corrected chi connectivity index (χ2v) is 5.00. The monoisotopic (exact) mass is 288 g/mol. The first-order chi connectivity index (χ1) is 10.1. The maximum absolute atomic E-state index is 11.1. The molecule has 1 fully saturated rings. The first-order valence-electron chi connectivity index (χ1n) is 6.78. The minimum atomic E-state index is -0.401. The van der Waals surface area contributed by atoms with Crippen LogP contribution >= 0.6 is 0 Å². The van der Waals surface area contributed by atoms with Gasteiger partial charge in [0.25, 0.3) is 5.69 Å². The fourth-order valence-electron chi connectivity index (χ4n) is 2.38. The molecular weight excluding hydrogens is 272 g/mol. The van der Waals surface area contributed by atoms with Crippen molar-refractivity contribution in [2.45, 2.75) is 6.92 Å². The van der Waals surface area contributed by atoms with E-state index in [1.165, 1.54) is 6.07 Å². The smallest absolute Gasteiger partial charge is 0.280 e. The molecule has 21 heavy (non-hydrogen) atoms. The zero-order chi connectivity index (χ0) is 14.8. The van der Waals surface area contributed by atoms with Crippen LogP contribution in [0.1, 0.15) is 5.56 Å². The SMILES string of the molecule is Cc1ccc([N+](=O)[O-])c(-c2nc(N3CCNCC3)n[nH]2)c1. The average molecular weight is 288 g/mol. The molecule has 1 aliphatic rings. The number of hydrogen-bond donors (Lipinski definition) is 2. The van der Waals surface area contributed by atoms with Gasteiger partial charge >= 0.3 is 0 Å². The summed E-state index contributed by atoms with van der Waals surface area (Å²) in [5.74, 6) is 1.02. The number of aromatic amines is 1. The van der Waals surface area contributed by atoms with Crippen molar-refractivity contribution in [1.29, 1.82) is 0 Å². The quantitative estimate of drug-likeness (QED) is 0.648. The summed E-state index contributed by atoms with van der Waals surface area (Å²) in [7, 11) is 0. The number of benzene rings is 1. The van der Waals surface area contributed by atoms with Crippen LogP contribution in [0.4, 0.5) is 11.6 Å². The highest BCUT2D eigenvalue weighted by atomic mass is 16.6. The minimum absolute atomic E-state index is 0.0311. The highest BCUT2D eigenvalue weighted by molar-refractivity contribution is 5.69. The van der Waals surface area contributed by atoms with E-state index in [0.29, 0.717) is 17.3 Å². The Morgan fingerprint density at radius 1 is 1.33 bits per heavy atom. The summed E-state index contributed by atoms with van der Waals surface area (Å²) < 4.78 is 0. The van der Waals surface area contributed by atoms with Crippen molar-refractivity contribution >= 4 is 11.6 Å². The van der Waals surface area contributed by atoms with Gasteiger partial charge in [-0.25, -0.2) is 0 Å². The van der Waals surface area contributed by atoms with Crippen LogP contribution in [0.25, 0.3) is 11.4 Å². The van der Waals surface area contributed by atoms with Crippen LogP contribution in [0.2, 0.25) is 0 Å². The zero-order valence-electron chi connectivity index (χ0n) is 11.7. The van der Waals surface area contributed by atoms with Crippen molar-refractivity contribution < 1.29 is 4.92 Å². The van der Waals surface area contributed by atoms with Crippen molar-refractivity contribution in [1.82, 2.24) is 20.5 Å². The number of rotatable bonds is 3. The summed E-state index contributed by atoms with van der Waals surface area (Å²) in [5, 5.41) is 21.4. The second kappa shape index (κ2) is 5.49.